The summed E-state index contributed by atoms with van der Waals surface area (Å²) in [5.41, 5.74) is -0.522. The highest BCUT2D eigenvalue weighted by Crippen LogP contribution is 2.18. The van der Waals surface area contributed by atoms with Crippen LogP contribution in [0.25, 0.3) is 0 Å². The molecular formula is C14H18FN3O. The molecule has 0 heterocycles. The van der Waals surface area contributed by atoms with Crippen molar-refractivity contribution in [3.8, 4) is 6.07 Å². The Morgan fingerprint density at radius 1 is 1.37 bits per heavy atom. The third-order valence-electron chi connectivity index (χ3n) is 3.12. The molecule has 1 aromatic carbocycles. The average Bonchev–Trinajstić information content (AvgIpc) is 2.38. The van der Waals surface area contributed by atoms with Gasteiger partial charge in [0.25, 0.3) is 0 Å². The van der Waals surface area contributed by atoms with Gasteiger partial charge in [0.1, 0.15) is 11.4 Å². The highest BCUT2D eigenvalue weighted by molar-refractivity contribution is 5.82. The summed E-state index contributed by atoms with van der Waals surface area (Å²) in [5.74, 6) is -0.614. The van der Waals surface area contributed by atoms with Crippen LogP contribution in [0.15, 0.2) is 24.3 Å². The molecule has 0 atom stereocenters. The number of carbonyl (C=O) groups excluding carboxylic acids is 1. The second kappa shape index (κ2) is 5.70. The van der Waals surface area contributed by atoms with Gasteiger partial charge >= 0.3 is 0 Å². The minimum atomic E-state index is -0.882. The van der Waals surface area contributed by atoms with Crippen LogP contribution >= 0.6 is 0 Å². The zero-order valence-corrected chi connectivity index (χ0v) is 11.6. The van der Waals surface area contributed by atoms with E-state index >= 15 is 0 Å². The first-order valence-electron chi connectivity index (χ1n) is 5.93. The summed E-state index contributed by atoms with van der Waals surface area (Å²) < 4.78 is 13.6. The van der Waals surface area contributed by atoms with Crippen LogP contribution in [0.5, 0.6) is 0 Å². The van der Waals surface area contributed by atoms with Gasteiger partial charge in [-0.25, -0.2) is 4.39 Å². The highest BCUT2D eigenvalue weighted by Gasteiger charge is 2.27. The molecule has 4 nitrogen and oxygen atoms in total. The SMILES string of the molecule is CN(CC(=O)N(C)C(C)(C)C#N)c1ccccc1F. The van der Waals surface area contributed by atoms with Crippen LogP contribution in [0.1, 0.15) is 13.8 Å². The quantitative estimate of drug-likeness (QED) is 0.835. The van der Waals surface area contributed by atoms with Gasteiger partial charge in [-0.1, -0.05) is 12.1 Å². The molecule has 5 heteroatoms. The van der Waals surface area contributed by atoms with Gasteiger partial charge in [-0.05, 0) is 26.0 Å². The molecule has 0 radical (unpaired) electrons. The van der Waals surface area contributed by atoms with Crippen molar-refractivity contribution in [1.29, 1.82) is 5.26 Å². The maximum atomic E-state index is 13.6. The summed E-state index contributed by atoms with van der Waals surface area (Å²) in [5, 5.41) is 8.99. The Hall–Kier alpha value is -2.09. The maximum absolute atomic E-state index is 13.6. The van der Waals surface area contributed by atoms with Crippen molar-refractivity contribution in [3.63, 3.8) is 0 Å². The molecule has 0 bridgehead atoms. The van der Waals surface area contributed by atoms with Crippen molar-refractivity contribution in [2.45, 2.75) is 19.4 Å². The van der Waals surface area contributed by atoms with E-state index in [1.165, 1.54) is 15.9 Å². The topological polar surface area (TPSA) is 47.3 Å². The molecule has 0 N–H and O–H groups in total. The minimum absolute atomic E-state index is 0.0164. The number of likely N-dealkylation sites (N-methyl/N-ethyl adjacent to an activating group) is 2. The number of para-hydroxylation sites is 1. The van der Waals surface area contributed by atoms with E-state index in [-0.39, 0.29) is 18.3 Å². The van der Waals surface area contributed by atoms with Crippen LogP contribution in [-0.4, -0.2) is 37.0 Å². The van der Waals surface area contributed by atoms with Crippen LogP contribution in [0.2, 0.25) is 0 Å². The van der Waals surface area contributed by atoms with Crippen LogP contribution in [-0.2, 0) is 4.79 Å². The van der Waals surface area contributed by atoms with Crippen molar-refractivity contribution < 1.29 is 9.18 Å². The van der Waals surface area contributed by atoms with E-state index in [1.807, 2.05) is 0 Å². The van der Waals surface area contributed by atoms with Crippen LogP contribution in [0.3, 0.4) is 0 Å². The van der Waals surface area contributed by atoms with E-state index in [4.69, 9.17) is 5.26 Å². The van der Waals surface area contributed by atoms with Gasteiger partial charge < -0.3 is 9.80 Å². The normalized spacial score (nSPS) is 10.7. The Kier molecular flexibility index (Phi) is 4.49. The Labute approximate surface area is 113 Å². The number of rotatable bonds is 4. The van der Waals surface area contributed by atoms with E-state index in [1.54, 1.807) is 46.1 Å². The van der Waals surface area contributed by atoms with Crippen LogP contribution < -0.4 is 4.90 Å². The Balaban J connectivity index is 2.79. The van der Waals surface area contributed by atoms with E-state index in [2.05, 4.69) is 6.07 Å². The molecule has 102 valence electrons. The average molecular weight is 263 g/mol. The molecule has 0 saturated heterocycles. The van der Waals surface area contributed by atoms with E-state index in [0.29, 0.717) is 5.69 Å². The number of nitriles is 1. The molecule has 0 aliphatic rings. The molecular weight excluding hydrogens is 245 g/mol. The van der Waals surface area contributed by atoms with Gasteiger partial charge in [0.15, 0.2) is 0 Å². The third-order valence-corrected chi connectivity index (χ3v) is 3.12. The second-order valence-electron chi connectivity index (χ2n) is 4.93. The van der Waals surface area contributed by atoms with Crippen molar-refractivity contribution in [2.24, 2.45) is 0 Å². The molecule has 0 aliphatic carbocycles. The summed E-state index contributed by atoms with van der Waals surface area (Å²) in [6.45, 7) is 3.34. The van der Waals surface area contributed by atoms with Crippen molar-refractivity contribution in [1.82, 2.24) is 4.90 Å². The summed E-state index contributed by atoms with van der Waals surface area (Å²) in [6, 6.07) is 8.32. The zero-order chi connectivity index (χ0) is 14.6. The van der Waals surface area contributed by atoms with Gasteiger partial charge in [0.05, 0.1) is 18.3 Å². The number of carbonyl (C=O) groups is 1. The van der Waals surface area contributed by atoms with Gasteiger partial charge in [0, 0.05) is 14.1 Å². The Morgan fingerprint density at radius 2 is 1.95 bits per heavy atom. The molecule has 1 aromatic rings. The van der Waals surface area contributed by atoms with Crippen molar-refractivity contribution in [2.75, 3.05) is 25.5 Å². The van der Waals surface area contributed by atoms with Crippen molar-refractivity contribution in [3.05, 3.63) is 30.1 Å². The molecule has 0 unspecified atom stereocenters. The largest absolute Gasteiger partial charge is 0.363 e. The Bertz CT molecular complexity index is 508. The lowest BCUT2D eigenvalue weighted by atomic mass is 10.1. The lowest BCUT2D eigenvalue weighted by molar-refractivity contribution is -0.131. The second-order valence-corrected chi connectivity index (χ2v) is 4.93. The predicted molar refractivity (Wildman–Crippen MR) is 72.1 cm³/mol. The first kappa shape index (κ1) is 15.0. The fourth-order valence-corrected chi connectivity index (χ4v) is 1.54. The molecule has 0 spiro atoms. The molecule has 0 aliphatic heterocycles. The molecule has 0 fully saturated rings. The van der Waals surface area contributed by atoms with Crippen molar-refractivity contribution >= 4 is 11.6 Å². The molecule has 0 saturated carbocycles. The zero-order valence-electron chi connectivity index (χ0n) is 11.6. The number of nitrogens with zero attached hydrogens (tertiary/aromatic N) is 3. The van der Waals surface area contributed by atoms with Crippen LogP contribution in [0.4, 0.5) is 10.1 Å². The highest BCUT2D eigenvalue weighted by atomic mass is 19.1. The summed E-state index contributed by atoms with van der Waals surface area (Å²) in [7, 11) is 3.21. The van der Waals surface area contributed by atoms with Gasteiger partial charge in [0.2, 0.25) is 5.91 Å². The number of halogens is 1. The number of hydrogen-bond donors (Lipinski definition) is 0. The van der Waals surface area contributed by atoms with E-state index in [9.17, 15) is 9.18 Å². The van der Waals surface area contributed by atoms with Crippen LogP contribution in [0, 0.1) is 17.1 Å². The summed E-state index contributed by atoms with van der Waals surface area (Å²) in [4.78, 5) is 14.9. The molecule has 0 aromatic heterocycles. The smallest absolute Gasteiger partial charge is 0.243 e. The maximum Gasteiger partial charge on any atom is 0.243 e. The monoisotopic (exact) mass is 263 g/mol. The van der Waals surface area contributed by atoms with E-state index < -0.39 is 5.54 Å². The lowest BCUT2D eigenvalue weighted by Crippen LogP contribution is -2.47. The standard InChI is InChI=1S/C14H18FN3O/c1-14(2,10-16)18(4)13(19)9-17(3)12-8-6-5-7-11(12)15/h5-8H,9H2,1-4H3. The Morgan fingerprint density at radius 3 is 2.47 bits per heavy atom. The third kappa shape index (κ3) is 3.44. The number of benzene rings is 1. The number of amides is 1. The van der Waals surface area contributed by atoms with Gasteiger partial charge in [-0.3, -0.25) is 4.79 Å². The molecule has 1 amide bonds. The number of hydrogen-bond acceptors (Lipinski definition) is 3. The predicted octanol–water partition coefficient (Wildman–Crippen LogP) is 2.02. The first-order valence-corrected chi connectivity index (χ1v) is 5.93. The lowest BCUT2D eigenvalue weighted by Gasteiger charge is -2.31. The number of anilines is 1. The molecule has 19 heavy (non-hydrogen) atoms. The van der Waals surface area contributed by atoms with E-state index in [0.717, 1.165) is 0 Å². The summed E-state index contributed by atoms with van der Waals surface area (Å²) >= 11 is 0. The summed E-state index contributed by atoms with van der Waals surface area (Å²) in [6.07, 6.45) is 0. The van der Waals surface area contributed by atoms with Gasteiger partial charge in [-0.15, -0.1) is 0 Å². The van der Waals surface area contributed by atoms with Gasteiger partial charge in [-0.2, -0.15) is 5.26 Å². The fraction of sp³-hybridized carbons (Fsp3) is 0.429. The first-order chi connectivity index (χ1) is 8.79. The fourth-order valence-electron chi connectivity index (χ4n) is 1.54. The minimum Gasteiger partial charge on any atom is -0.363 e. The molecule has 1 rings (SSSR count).